The summed E-state index contributed by atoms with van der Waals surface area (Å²) >= 11 is 0. The number of Topliss-reactive ketones (excluding diaryl/α,β-unsaturated/α-hetero) is 1. The first kappa shape index (κ1) is 14.6. The van der Waals surface area contributed by atoms with Crippen LogP contribution in [-0.4, -0.2) is 45.5 Å². The number of benzene rings is 1. The number of primary amides is 1. The van der Waals surface area contributed by atoms with Gasteiger partial charge in [0, 0.05) is 6.07 Å². The number of methoxy groups -OCH3 is 3. The van der Waals surface area contributed by atoms with E-state index < -0.39 is 24.1 Å². The number of hydrogen-bond acceptors (Lipinski definition) is 6. The number of nitrogens with zero attached hydrogens (tertiary/aromatic N) is 1. The number of ether oxygens (including phenoxy) is 3. The molecule has 0 spiro atoms. The first-order chi connectivity index (χ1) is 9.96. The normalized spacial score (nSPS) is 13.2. The lowest BCUT2D eigenvalue weighted by Gasteiger charge is -2.18. The minimum atomic E-state index is -0.850. The van der Waals surface area contributed by atoms with Crippen molar-refractivity contribution in [1.82, 2.24) is 0 Å². The maximum absolute atomic E-state index is 12.1. The number of ketones is 1. The van der Waals surface area contributed by atoms with E-state index in [4.69, 9.17) is 19.9 Å². The molecule has 0 aliphatic carbocycles. The average Bonchev–Trinajstić information content (AvgIpc) is 2.69. The van der Waals surface area contributed by atoms with Gasteiger partial charge in [0.1, 0.15) is 6.54 Å². The zero-order chi connectivity index (χ0) is 15.7. The molecule has 0 unspecified atom stereocenters. The molecule has 0 saturated heterocycles. The van der Waals surface area contributed by atoms with Crippen LogP contribution in [0.4, 0.5) is 5.69 Å². The molecule has 0 fully saturated rings. The molecule has 0 aromatic heterocycles. The number of carbonyl (C=O) groups is 3. The van der Waals surface area contributed by atoms with E-state index in [1.165, 1.54) is 27.4 Å². The summed E-state index contributed by atoms with van der Waals surface area (Å²) in [6.45, 7) is -0.407. The highest BCUT2D eigenvalue weighted by Gasteiger charge is 2.41. The number of fused-ring (bicyclic) bond motifs is 1. The largest absolute Gasteiger partial charge is 0.493 e. The molecule has 21 heavy (non-hydrogen) atoms. The Morgan fingerprint density at radius 1 is 1.14 bits per heavy atom. The van der Waals surface area contributed by atoms with Gasteiger partial charge in [-0.1, -0.05) is 0 Å². The molecule has 1 heterocycles. The van der Waals surface area contributed by atoms with Crippen LogP contribution < -0.4 is 24.8 Å². The Bertz CT molecular complexity index is 640. The van der Waals surface area contributed by atoms with Crippen molar-refractivity contribution in [1.29, 1.82) is 0 Å². The molecule has 0 bridgehead atoms. The Hall–Kier alpha value is -2.77. The van der Waals surface area contributed by atoms with Crippen LogP contribution in [0, 0.1) is 0 Å². The van der Waals surface area contributed by atoms with Gasteiger partial charge in [0.15, 0.2) is 11.5 Å². The summed E-state index contributed by atoms with van der Waals surface area (Å²) < 4.78 is 15.5. The summed E-state index contributed by atoms with van der Waals surface area (Å²) in [6, 6.07) is 1.43. The van der Waals surface area contributed by atoms with E-state index in [9.17, 15) is 14.4 Å². The predicted molar refractivity (Wildman–Crippen MR) is 72.0 cm³/mol. The van der Waals surface area contributed by atoms with Crippen molar-refractivity contribution < 1.29 is 28.6 Å². The lowest BCUT2D eigenvalue weighted by molar-refractivity contribution is -0.119. The lowest BCUT2D eigenvalue weighted by atomic mass is 10.1. The Balaban J connectivity index is 2.72. The molecule has 0 saturated carbocycles. The zero-order valence-corrected chi connectivity index (χ0v) is 11.8. The molecular weight excluding hydrogens is 280 g/mol. The monoisotopic (exact) mass is 294 g/mol. The van der Waals surface area contributed by atoms with Gasteiger partial charge < -0.3 is 19.9 Å². The molecule has 0 radical (unpaired) electrons. The van der Waals surface area contributed by atoms with E-state index in [2.05, 4.69) is 0 Å². The van der Waals surface area contributed by atoms with Gasteiger partial charge in [0.25, 0.3) is 11.7 Å². The Labute approximate surface area is 120 Å². The average molecular weight is 294 g/mol. The van der Waals surface area contributed by atoms with Crippen LogP contribution in [0.25, 0.3) is 0 Å². The van der Waals surface area contributed by atoms with Crippen LogP contribution in [0.1, 0.15) is 10.4 Å². The first-order valence-corrected chi connectivity index (χ1v) is 5.93. The van der Waals surface area contributed by atoms with Crippen LogP contribution in [0.5, 0.6) is 17.2 Å². The van der Waals surface area contributed by atoms with E-state index in [-0.39, 0.29) is 28.5 Å². The number of hydrogen-bond donors (Lipinski definition) is 1. The highest BCUT2D eigenvalue weighted by molar-refractivity contribution is 6.53. The summed E-state index contributed by atoms with van der Waals surface area (Å²) in [5.41, 5.74) is 5.34. The second-order valence-electron chi connectivity index (χ2n) is 4.23. The summed E-state index contributed by atoms with van der Waals surface area (Å²) in [5, 5.41) is 0. The Morgan fingerprint density at radius 3 is 2.24 bits per heavy atom. The number of amides is 2. The van der Waals surface area contributed by atoms with Crippen molar-refractivity contribution in [2.45, 2.75) is 0 Å². The van der Waals surface area contributed by atoms with E-state index >= 15 is 0 Å². The topological polar surface area (TPSA) is 108 Å². The maximum atomic E-state index is 12.1. The third-order valence-corrected chi connectivity index (χ3v) is 3.08. The van der Waals surface area contributed by atoms with Crippen LogP contribution >= 0.6 is 0 Å². The van der Waals surface area contributed by atoms with Crippen molar-refractivity contribution in [3.8, 4) is 17.2 Å². The number of carbonyl (C=O) groups excluding carboxylic acids is 3. The third-order valence-electron chi connectivity index (χ3n) is 3.08. The molecule has 2 rings (SSSR count). The standard InChI is InChI=1S/C13H14N2O6/c1-19-7-4-6-9(12(21-3)11(7)20-2)10(17)13(18)15(6)5-8(14)16/h4H,5H2,1-3H3,(H2,14,16). The zero-order valence-electron chi connectivity index (χ0n) is 11.8. The molecule has 2 amide bonds. The van der Waals surface area contributed by atoms with Gasteiger partial charge in [-0.2, -0.15) is 0 Å². The van der Waals surface area contributed by atoms with Crippen molar-refractivity contribution in [2.24, 2.45) is 5.73 Å². The SMILES string of the molecule is COc1cc2c(c(OC)c1OC)C(=O)C(=O)N2CC(N)=O. The smallest absolute Gasteiger partial charge is 0.300 e. The fourth-order valence-corrected chi connectivity index (χ4v) is 2.23. The summed E-state index contributed by atoms with van der Waals surface area (Å²) in [5.74, 6) is -1.83. The summed E-state index contributed by atoms with van der Waals surface area (Å²) in [4.78, 5) is 36.2. The lowest BCUT2D eigenvalue weighted by Crippen LogP contribution is -2.37. The van der Waals surface area contributed by atoms with Gasteiger partial charge in [-0.05, 0) is 0 Å². The van der Waals surface area contributed by atoms with Gasteiger partial charge >= 0.3 is 0 Å². The number of anilines is 1. The fourth-order valence-electron chi connectivity index (χ4n) is 2.23. The third kappa shape index (κ3) is 2.14. The summed E-state index contributed by atoms with van der Waals surface area (Å²) in [7, 11) is 4.13. The number of rotatable bonds is 5. The van der Waals surface area contributed by atoms with Crippen molar-refractivity contribution >= 4 is 23.3 Å². The Kier molecular flexibility index (Phi) is 3.70. The molecule has 112 valence electrons. The fraction of sp³-hybridized carbons (Fsp3) is 0.308. The van der Waals surface area contributed by atoms with Gasteiger partial charge in [-0.3, -0.25) is 19.3 Å². The molecule has 1 aromatic carbocycles. The predicted octanol–water partition coefficient (Wildman–Crippen LogP) is -0.273. The van der Waals surface area contributed by atoms with Crippen molar-refractivity contribution in [3.63, 3.8) is 0 Å². The molecule has 8 heteroatoms. The second kappa shape index (κ2) is 5.31. The van der Waals surface area contributed by atoms with E-state index in [1.807, 2.05) is 0 Å². The Morgan fingerprint density at radius 2 is 1.76 bits per heavy atom. The number of nitrogens with two attached hydrogens (primary N) is 1. The quantitative estimate of drug-likeness (QED) is 0.749. The van der Waals surface area contributed by atoms with Gasteiger partial charge in [-0.15, -0.1) is 0 Å². The van der Waals surface area contributed by atoms with Crippen molar-refractivity contribution in [2.75, 3.05) is 32.8 Å². The minimum Gasteiger partial charge on any atom is -0.493 e. The second-order valence-corrected chi connectivity index (χ2v) is 4.23. The summed E-state index contributed by atoms with van der Waals surface area (Å²) in [6.07, 6.45) is 0. The van der Waals surface area contributed by atoms with E-state index in [0.29, 0.717) is 0 Å². The van der Waals surface area contributed by atoms with Crippen LogP contribution in [0.3, 0.4) is 0 Å². The minimum absolute atomic E-state index is 0.0291. The van der Waals surface area contributed by atoms with E-state index in [1.54, 1.807) is 0 Å². The molecule has 0 atom stereocenters. The molecular formula is C13H14N2O6. The van der Waals surface area contributed by atoms with Crippen LogP contribution in [-0.2, 0) is 9.59 Å². The van der Waals surface area contributed by atoms with Gasteiger partial charge in [-0.25, -0.2) is 0 Å². The van der Waals surface area contributed by atoms with E-state index in [0.717, 1.165) is 4.90 Å². The molecule has 8 nitrogen and oxygen atoms in total. The van der Waals surface area contributed by atoms with Crippen molar-refractivity contribution in [3.05, 3.63) is 11.6 Å². The van der Waals surface area contributed by atoms with Gasteiger partial charge in [0.2, 0.25) is 11.7 Å². The van der Waals surface area contributed by atoms with Crippen LogP contribution in [0.15, 0.2) is 6.07 Å². The first-order valence-electron chi connectivity index (χ1n) is 5.93. The van der Waals surface area contributed by atoms with Crippen LogP contribution in [0.2, 0.25) is 0 Å². The molecule has 1 aliphatic heterocycles. The highest BCUT2D eigenvalue weighted by atomic mass is 16.5. The highest BCUT2D eigenvalue weighted by Crippen LogP contribution is 2.47. The molecule has 2 N–H and O–H groups in total. The maximum Gasteiger partial charge on any atom is 0.300 e. The van der Waals surface area contributed by atoms with Gasteiger partial charge in [0.05, 0.1) is 32.6 Å². The molecule has 1 aliphatic rings. The molecule has 1 aromatic rings.